The molecule has 5 nitrogen and oxygen atoms in total. The number of hydrogen-bond acceptors (Lipinski definition) is 4. The molecule has 3 rings (SSSR count). The fourth-order valence-electron chi connectivity index (χ4n) is 3.41. The van der Waals surface area contributed by atoms with Crippen molar-refractivity contribution in [2.75, 3.05) is 13.2 Å². The summed E-state index contributed by atoms with van der Waals surface area (Å²) in [7, 11) is 0. The van der Waals surface area contributed by atoms with Gasteiger partial charge in [0, 0.05) is 27.5 Å². The second-order valence-corrected chi connectivity index (χ2v) is 7.22. The molecule has 0 saturated heterocycles. The van der Waals surface area contributed by atoms with Gasteiger partial charge in [-0.1, -0.05) is 46.3 Å². The number of rotatable bonds is 7. The third kappa shape index (κ3) is 4.12. The average molecular weight is 444 g/mol. The number of para-hydroxylation sites is 1. The summed E-state index contributed by atoms with van der Waals surface area (Å²) in [5, 5.41) is 0.953. The Kier molecular flexibility index (Phi) is 6.52. The first-order valence-corrected chi connectivity index (χ1v) is 10.0. The summed E-state index contributed by atoms with van der Waals surface area (Å²) in [4.78, 5) is 28.9. The van der Waals surface area contributed by atoms with Crippen molar-refractivity contribution in [3.63, 3.8) is 0 Å². The third-order valence-electron chi connectivity index (χ3n) is 4.60. The van der Waals surface area contributed by atoms with Crippen LogP contribution in [-0.2, 0) is 19.1 Å². The lowest BCUT2D eigenvalue weighted by atomic mass is 9.80. The smallest absolute Gasteiger partial charge is 0.321 e. The van der Waals surface area contributed by atoms with E-state index in [1.165, 1.54) is 0 Å². The lowest BCUT2D eigenvalue weighted by molar-refractivity contribution is -0.162. The van der Waals surface area contributed by atoms with Gasteiger partial charge in [0.2, 0.25) is 0 Å². The highest BCUT2D eigenvalue weighted by atomic mass is 79.9. The van der Waals surface area contributed by atoms with E-state index in [0.29, 0.717) is 0 Å². The van der Waals surface area contributed by atoms with Crippen LogP contribution in [0.1, 0.15) is 30.9 Å². The van der Waals surface area contributed by atoms with Crippen molar-refractivity contribution in [1.29, 1.82) is 0 Å². The predicted octanol–water partition coefficient (Wildman–Crippen LogP) is 4.80. The number of nitrogens with one attached hydrogen (secondary N) is 1. The molecule has 6 heteroatoms. The first-order chi connectivity index (χ1) is 13.6. The molecule has 0 aliphatic heterocycles. The van der Waals surface area contributed by atoms with Gasteiger partial charge >= 0.3 is 11.9 Å². The fraction of sp³-hybridized carbons (Fsp3) is 0.273. The van der Waals surface area contributed by atoms with Gasteiger partial charge in [0.25, 0.3) is 0 Å². The highest BCUT2D eigenvalue weighted by molar-refractivity contribution is 9.10. The molecular formula is C22H22BrNO4. The number of hydrogen-bond donors (Lipinski definition) is 1. The molecule has 1 atom stereocenters. The van der Waals surface area contributed by atoms with Crippen LogP contribution in [0, 0.1) is 5.92 Å². The average Bonchev–Trinajstić information content (AvgIpc) is 3.11. The van der Waals surface area contributed by atoms with Crippen molar-refractivity contribution in [2.45, 2.75) is 19.8 Å². The monoisotopic (exact) mass is 443 g/mol. The highest BCUT2D eigenvalue weighted by Gasteiger charge is 2.40. The lowest BCUT2D eigenvalue weighted by Crippen LogP contribution is -2.34. The number of aromatic amines is 1. The fourth-order valence-corrected chi connectivity index (χ4v) is 3.67. The van der Waals surface area contributed by atoms with Crippen LogP contribution in [0.3, 0.4) is 0 Å². The molecule has 0 unspecified atom stereocenters. The quantitative estimate of drug-likeness (QED) is 0.420. The second-order valence-electron chi connectivity index (χ2n) is 6.30. The maximum atomic E-state index is 12.8. The Morgan fingerprint density at radius 1 is 0.964 bits per heavy atom. The van der Waals surface area contributed by atoms with Gasteiger partial charge < -0.3 is 14.5 Å². The van der Waals surface area contributed by atoms with Gasteiger partial charge in [-0.15, -0.1) is 0 Å². The highest BCUT2D eigenvalue weighted by Crippen LogP contribution is 2.38. The van der Waals surface area contributed by atoms with Crippen LogP contribution >= 0.6 is 15.9 Å². The molecule has 3 aromatic rings. The first-order valence-electron chi connectivity index (χ1n) is 9.21. The maximum absolute atomic E-state index is 12.8. The summed E-state index contributed by atoms with van der Waals surface area (Å²) < 4.78 is 11.4. The Labute approximate surface area is 172 Å². The van der Waals surface area contributed by atoms with Gasteiger partial charge in [-0.3, -0.25) is 9.59 Å². The molecular weight excluding hydrogens is 422 g/mol. The zero-order valence-electron chi connectivity index (χ0n) is 15.8. The molecule has 28 heavy (non-hydrogen) atoms. The predicted molar refractivity (Wildman–Crippen MR) is 111 cm³/mol. The molecule has 1 heterocycles. The van der Waals surface area contributed by atoms with Crippen LogP contribution < -0.4 is 0 Å². The van der Waals surface area contributed by atoms with E-state index in [-0.39, 0.29) is 13.2 Å². The van der Waals surface area contributed by atoms with Gasteiger partial charge in [-0.25, -0.2) is 0 Å². The number of halogens is 1. The first kappa shape index (κ1) is 20.1. The Morgan fingerprint density at radius 3 is 2.18 bits per heavy atom. The Bertz CT molecular complexity index is 946. The molecule has 0 aliphatic rings. The SMILES string of the molecule is CCOC(=O)C(C(=O)OCC)[C@H](c1ccc(Br)cc1)c1c[nH]c2ccccc12. The van der Waals surface area contributed by atoms with E-state index in [2.05, 4.69) is 20.9 Å². The van der Waals surface area contributed by atoms with Gasteiger partial charge in [0.15, 0.2) is 5.92 Å². The van der Waals surface area contributed by atoms with Gasteiger partial charge in [0.1, 0.15) is 0 Å². The van der Waals surface area contributed by atoms with Crippen LogP contribution in [0.4, 0.5) is 0 Å². The summed E-state index contributed by atoms with van der Waals surface area (Å²) in [5.41, 5.74) is 2.62. The van der Waals surface area contributed by atoms with E-state index in [0.717, 1.165) is 26.5 Å². The number of esters is 2. The molecule has 0 spiro atoms. The Hall–Kier alpha value is -2.60. The zero-order chi connectivity index (χ0) is 20.1. The van der Waals surface area contributed by atoms with E-state index in [4.69, 9.17) is 9.47 Å². The van der Waals surface area contributed by atoms with E-state index >= 15 is 0 Å². The van der Waals surface area contributed by atoms with Gasteiger partial charge in [-0.05, 0) is 43.2 Å². The van der Waals surface area contributed by atoms with Gasteiger partial charge in [-0.2, -0.15) is 0 Å². The molecule has 0 aliphatic carbocycles. The summed E-state index contributed by atoms with van der Waals surface area (Å²) in [6.45, 7) is 3.83. The van der Waals surface area contributed by atoms with E-state index in [1.807, 2.05) is 54.7 Å². The van der Waals surface area contributed by atoms with Crippen molar-refractivity contribution in [3.05, 3.63) is 70.3 Å². The molecule has 0 bridgehead atoms. The van der Waals surface area contributed by atoms with Crippen LogP contribution in [0.15, 0.2) is 59.2 Å². The van der Waals surface area contributed by atoms with Crippen LogP contribution in [0.5, 0.6) is 0 Å². The summed E-state index contributed by atoms with van der Waals surface area (Å²) in [5.74, 6) is -2.80. The molecule has 1 aromatic heterocycles. The number of H-pyrrole nitrogens is 1. The van der Waals surface area contributed by atoms with Crippen molar-refractivity contribution in [1.82, 2.24) is 4.98 Å². The topological polar surface area (TPSA) is 68.4 Å². The number of ether oxygens (including phenoxy) is 2. The van der Waals surface area contributed by atoms with Crippen molar-refractivity contribution in [3.8, 4) is 0 Å². The minimum absolute atomic E-state index is 0.190. The number of benzene rings is 2. The number of fused-ring (bicyclic) bond motifs is 1. The molecule has 0 saturated carbocycles. The second kappa shape index (κ2) is 9.06. The minimum Gasteiger partial charge on any atom is -0.465 e. The van der Waals surface area contributed by atoms with E-state index in [1.54, 1.807) is 13.8 Å². The number of aromatic nitrogens is 1. The third-order valence-corrected chi connectivity index (χ3v) is 5.13. The molecule has 0 fully saturated rings. The van der Waals surface area contributed by atoms with Crippen LogP contribution in [-0.4, -0.2) is 30.1 Å². The maximum Gasteiger partial charge on any atom is 0.321 e. The van der Waals surface area contributed by atoms with E-state index in [9.17, 15) is 9.59 Å². The van der Waals surface area contributed by atoms with Crippen LogP contribution in [0.25, 0.3) is 10.9 Å². The van der Waals surface area contributed by atoms with E-state index < -0.39 is 23.8 Å². The molecule has 0 radical (unpaired) electrons. The number of carbonyl (C=O) groups is 2. The summed E-state index contributed by atoms with van der Waals surface area (Å²) in [6.07, 6.45) is 1.85. The van der Waals surface area contributed by atoms with Crippen molar-refractivity contribution >= 4 is 38.8 Å². The summed E-state index contributed by atoms with van der Waals surface area (Å²) in [6, 6.07) is 15.4. The Morgan fingerprint density at radius 2 is 1.57 bits per heavy atom. The molecule has 0 amide bonds. The zero-order valence-corrected chi connectivity index (χ0v) is 17.4. The largest absolute Gasteiger partial charge is 0.465 e. The number of carbonyl (C=O) groups excluding carboxylic acids is 2. The van der Waals surface area contributed by atoms with Gasteiger partial charge in [0.05, 0.1) is 13.2 Å². The van der Waals surface area contributed by atoms with Crippen LogP contribution in [0.2, 0.25) is 0 Å². The molecule has 2 aromatic carbocycles. The molecule has 1 N–H and O–H groups in total. The van der Waals surface area contributed by atoms with Crippen molar-refractivity contribution < 1.29 is 19.1 Å². The minimum atomic E-state index is -1.10. The Balaban J connectivity index is 2.19. The summed E-state index contributed by atoms with van der Waals surface area (Å²) >= 11 is 3.44. The normalized spacial score (nSPS) is 12.1. The standard InChI is InChI=1S/C22H22BrNO4/c1-3-27-21(25)20(22(26)28-4-2)19(14-9-11-15(23)12-10-14)17-13-24-18-8-6-5-7-16(17)18/h5-13,19-20,24H,3-4H2,1-2H3/t19-/m1/s1. The molecule has 146 valence electrons. The van der Waals surface area contributed by atoms with Crippen molar-refractivity contribution in [2.24, 2.45) is 5.92 Å². The lowest BCUT2D eigenvalue weighted by Gasteiger charge is -2.25.